The molecule has 102 valence electrons. The number of H-pyrrole nitrogens is 1. The van der Waals surface area contributed by atoms with Crippen molar-refractivity contribution in [3.8, 4) is 0 Å². The molecule has 2 aromatic heterocycles. The minimum Gasteiger partial charge on any atom is -0.367 e. The molecular weight excluding hydrogens is 240 g/mol. The summed E-state index contributed by atoms with van der Waals surface area (Å²) < 4.78 is 0. The predicted octanol–water partition coefficient (Wildman–Crippen LogP) is 1.68. The molecule has 1 saturated carbocycles. The lowest BCUT2D eigenvalue weighted by molar-refractivity contribution is 0.410. The average molecular weight is 260 g/mol. The van der Waals surface area contributed by atoms with E-state index >= 15 is 0 Å². The van der Waals surface area contributed by atoms with Gasteiger partial charge in [-0.2, -0.15) is 9.97 Å². The zero-order valence-corrected chi connectivity index (χ0v) is 11.1. The van der Waals surface area contributed by atoms with Crippen molar-refractivity contribution in [3.63, 3.8) is 0 Å². The van der Waals surface area contributed by atoms with Crippen LogP contribution >= 0.6 is 0 Å². The van der Waals surface area contributed by atoms with E-state index in [4.69, 9.17) is 5.73 Å². The number of fused-ring (bicyclic) bond motifs is 1. The van der Waals surface area contributed by atoms with Crippen LogP contribution in [0.15, 0.2) is 12.3 Å². The van der Waals surface area contributed by atoms with E-state index in [1.54, 1.807) is 0 Å². The lowest BCUT2D eigenvalue weighted by Gasteiger charge is -2.27. The molecule has 6 heteroatoms. The Bertz CT molecular complexity index is 555. The molecule has 0 radical (unpaired) electrons. The van der Waals surface area contributed by atoms with Gasteiger partial charge in [0.1, 0.15) is 11.5 Å². The van der Waals surface area contributed by atoms with Gasteiger partial charge in [-0.05, 0) is 31.7 Å². The van der Waals surface area contributed by atoms with Crippen molar-refractivity contribution in [1.82, 2.24) is 15.0 Å². The Labute approximate surface area is 112 Å². The topological polar surface area (TPSA) is 91.6 Å². The fourth-order valence-corrected chi connectivity index (χ4v) is 2.62. The molecule has 2 aromatic rings. The second kappa shape index (κ2) is 5.05. The van der Waals surface area contributed by atoms with Gasteiger partial charge in [-0.25, -0.2) is 0 Å². The molecule has 1 aliphatic carbocycles. The third kappa shape index (κ3) is 2.49. The number of nitrogens with one attached hydrogen (secondary N) is 3. The van der Waals surface area contributed by atoms with Crippen LogP contribution in [-0.2, 0) is 0 Å². The van der Waals surface area contributed by atoms with Crippen LogP contribution in [-0.4, -0.2) is 34.1 Å². The zero-order valence-electron chi connectivity index (χ0n) is 11.1. The molecule has 0 unspecified atom stereocenters. The SMILES string of the molecule is CNc1nc(NC2CCC(N)CC2)c2cc[nH]c2n1. The van der Waals surface area contributed by atoms with Crippen molar-refractivity contribution in [2.24, 2.45) is 5.73 Å². The summed E-state index contributed by atoms with van der Waals surface area (Å²) in [5.74, 6) is 1.53. The Kier molecular flexibility index (Phi) is 3.25. The first-order valence-corrected chi connectivity index (χ1v) is 6.81. The highest BCUT2D eigenvalue weighted by Crippen LogP contribution is 2.25. The van der Waals surface area contributed by atoms with Gasteiger partial charge in [-0.15, -0.1) is 0 Å². The Balaban J connectivity index is 1.85. The minimum absolute atomic E-state index is 0.364. The van der Waals surface area contributed by atoms with E-state index in [9.17, 15) is 0 Å². The first-order valence-electron chi connectivity index (χ1n) is 6.81. The molecule has 0 spiro atoms. The lowest BCUT2D eigenvalue weighted by atomic mass is 9.92. The van der Waals surface area contributed by atoms with Crippen molar-refractivity contribution in [1.29, 1.82) is 0 Å². The van der Waals surface area contributed by atoms with Crippen molar-refractivity contribution in [3.05, 3.63) is 12.3 Å². The number of aromatic nitrogens is 3. The molecule has 0 atom stereocenters. The number of hydrogen-bond donors (Lipinski definition) is 4. The summed E-state index contributed by atoms with van der Waals surface area (Å²) >= 11 is 0. The van der Waals surface area contributed by atoms with E-state index in [1.165, 1.54) is 0 Å². The summed E-state index contributed by atoms with van der Waals surface area (Å²) in [6.07, 6.45) is 6.26. The smallest absolute Gasteiger partial charge is 0.226 e. The third-order valence-corrected chi connectivity index (χ3v) is 3.75. The molecule has 0 aliphatic heterocycles. The van der Waals surface area contributed by atoms with Gasteiger partial charge in [-0.1, -0.05) is 0 Å². The van der Waals surface area contributed by atoms with Crippen LogP contribution in [0.2, 0.25) is 0 Å². The first kappa shape index (κ1) is 12.2. The number of hydrogen-bond acceptors (Lipinski definition) is 5. The molecule has 0 saturated heterocycles. The molecule has 0 amide bonds. The molecule has 3 rings (SSSR count). The van der Waals surface area contributed by atoms with Gasteiger partial charge >= 0.3 is 0 Å². The molecule has 1 fully saturated rings. The highest BCUT2D eigenvalue weighted by atomic mass is 15.2. The molecule has 6 nitrogen and oxygen atoms in total. The van der Waals surface area contributed by atoms with Crippen LogP contribution in [0.3, 0.4) is 0 Å². The van der Waals surface area contributed by atoms with E-state index < -0.39 is 0 Å². The van der Waals surface area contributed by atoms with Gasteiger partial charge in [0.25, 0.3) is 0 Å². The molecule has 2 heterocycles. The van der Waals surface area contributed by atoms with Crippen LogP contribution in [0.5, 0.6) is 0 Å². The molecule has 5 N–H and O–H groups in total. The largest absolute Gasteiger partial charge is 0.367 e. The number of nitrogens with two attached hydrogens (primary N) is 1. The highest BCUT2D eigenvalue weighted by Gasteiger charge is 2.20. The van der Waals surface area contributed by atoms with Gasteiger partial charge < -0.3 is 21.4 Å². The summed E-state index contributed by atoms with van der Waals surface area (Å²) in [5, 5.41) is 7.57. The maximum atomic E-state index is 5.94. The van der Waals surface area contributed by atoms with Crippen LogP contribution < -0.4 is 16.4 Å². The van der Waals surface area contributed by atoms with Crippen LogP contribution in [0, 0.1) is 0 Å². The average Bonchev–Trinajstić information content (AvgIpc) is 2.89. The zero-order chi connectivity index (χ0) is 13.2. The van der Waals surface area contributed by atoms with E-state index in [0.29, 0.717) is 18.0 Å². The van der Waals surface area contributed by atoms with Crippen molar-refractivity contribution in [2.75, 3.05) is 17.7 Å². The normalized spacial score (nSPS) is 23.5. The highest BCUT2D eigenvalue weighted by molar-refractivity contribution is 5.88. The fourth-order valence-electron chi connectivity index (χ4n) is 2.62. The van der Waals surface area contributed by atoms with Crippen LogP contribution in [0.25, 0.3) is 11.0 Å². The summed E-state index contributed by atoms with van der Waals surface area (Å²) in [7, 11) is 1.83. The number of aromatic amines is 1. The molecule has 0 aromatic carbocycles. The lowest BCUT2D eigenvalue weighted by Crippen LogP contribution is -2.33. The molecule has 1 aliphatic rings. The summed E-state index contributed by atoms with van der Waals surface area (Å²) in [5.41, 5.74) is 6.80. The van der Waals surface area contributed by atoms with Gasteiger partial charge in [-0.3, -0.25) is 0 Å². The fraction of sp³-hybridized carbons (Fsp3) is 0.538. The van der Waals surface area contributed by atoms with Crippen molar-refractivity contribution >= 4 is 22.8 Å². The first-order chi connectivity index (χ1) is 9.26. The summed E-state index contributed by atoms with van der Waals surface area (Å²) in [6.45, 7) is 0. The summed E-state index contributed by atoms with van der Waals surface area (Å²) in [4.78, 5) is 12.0. The summed E-state index contributed by atoms with van der Waals surface area (Å²) in [6, 6.07) is 2.83. The van der Waals surface area contributed by atoms with Crippen LogP contribution in [0.1, 0.15) is 25.7 Å². The molecular formula is C13H20N6. The van der Waals surface area contributed by atoms with Crippen LogP contribution in [0.4, 0.5) is 11.8 Å². The third-order valence-electron chi connectivity index (χ3n) is 3.75. The maximum absolute atomic E-state index is 5.94. The monoisotopic (exact) mass is 260 g/mol. The van der Waals surface area contributed by atoms with Gasteiger partial charge in [0.2, 0.25) is 5.95 Å². The second-order valence-corrected chi connectivity index (χ2v) is 5.14. The number of anilines is 2. The standard InChI is InChI=1S/C13H20N6/c1-15-13-18-11-10(6-7-16-11)12(19-13)17-9-4-2-8(14)3-5-9/h6-9H,2-5,14H2,1H3,(H3,15,16,17,18,19). The Morgan fingerprint density at radius 2 is 2.05 bits per heavy atom. The Hall–Kier alpha value is -1.82. The van der Waals surface area contributed by atoms with E-state index in [-0.39, 0.29) is 0 Å². The Morgan fingerprint density at radius 1 is 1.26 bits per heavy atom. The molecule has 19 heavy (non-hydrogen) atoms. The van der Waals surface area contributed by atoms with Gasteiger partial charge in [0, 0.05) is 25.3 Å². The van der Waals surface area contributed by atoms with E-state index in [1.807, 2.05) is 19.3 Å². The second-order valence-electron chi connectivity index (χ2n) is 5.14. The van der Waals surface area contributed by atoms with Crippen molar-refractivity contribution < 1.29 is 0 Å². The molecule has 0 bridgehead atoms. The minimum atomic E-state index is 0.364. The number of nitrogens with zero attached hydrogens (tertiary/aromatic N) is 2. The van der Waals surface area contributed by atoms with Gasteiger partial charge in [0.15, 0.2) is 0 Å². The van der Waals surface area contributed by atoms with Crippen molar-refractivity contribution in [2.45, 2.75) is 37.8 Å². The quantitative estimate of drug-likeness (QED) is 0.674. The predicted molar refractivity (Wildman–Crippen MR) is 77.3 cm³/mol. The van der Waals surface area contributed by atoms with Gasteiger partial charge in [0.05, 0.1) is 5.39 Å². The Morgan fingerprint density at radius 3 is 2.79 bits per heavy atom. The number of rotatable bonds is 3. The van der Waals surface area contributed by atoms with E-state index in [0.717, 1.165) is 42.5 Å². The maximum Gasteiger partial charge on any atom is 0.226 e. The van der Waals surface area contributed by atoms with E-state index in [2.05, 4.69) is 25.6 Å².